The van der Waals surface area contributed by atoms with E-state index in [-0.39, 0.29) is 11.8 Å². The number of anilines is 2. The predicted molar refractivity (Wildman–Crippen MR) is 113 cm³/mol. The Bertz CT molecular complexity index is 988. The van der Waals surface area contributed by atoms with Gasteiger partial charge in [0.2, 0.25) is 11.8 Å². The summed E-state index contributed by atoms with van der Waals surface area (Å²) in [5.41, 5.74) is 1.51. The first-order chi connectivity index (χ1) is 14.1. The number of rotatable bonds is 5. The van der Waals surface area contributed by atoms with E-state index in [9.17, 15) is 9.59 Å². The van der Waals surface area contributed by atoms with E-state index in [1.807, 2.05) is 84.9 Å². The molecule has 0 bridgehead atoms. The van der Waals surface area contributed by atoms with Gasteiger partial charge in [-0.3, -0.25) is 14.5 Å². The van der Waals surface area contributed by atoms with Crippen LogP contribution in [-0.2, 0) is 9.59 Å². The van der Waals surface area contributed by atoms with Gasteiger partial charge >= 0.3 is 0 Å². The Balaban J connectivity index is 1.53. The maximum Gasteiger partial charge on any atom is 0.249 e. The maximum atomic E-state index is 13.1. The second-order valence-electron chi connectivity index (χ2n) is 6.96. The molecule has 4 rings (SSSR count). The molecule has 1 atom stereocenters. The van der Waals surface area contributed by atoms with Crippen molar-refractivity contribution in [3.05, 3.63) is 84.9 Å². The molecular formula is C24H22N2O3. The fraction of sp³-hybridized carbons (Fsp3) is 0.167. The summed E-state index contributed by atoms with van der Waals surface area (Å²) in [6.07, 6.45) is 0.873. The molecule has 1 fully saturated rings. The van der Waals surface area contributed by atoms with Gasteiger partial charge in [0.25, 0.3) is 0 Å². The standard InChI is InChI=1S/C24H22N2O3/c1-25(18-8-4-2-5-9-18)24(28)22-16-17-23(27)26(22)19-12-14-21(15-13-19)29-20-10-6-3-7-11-20/h2-15,22H,16-17H2,1H3. The first-order valence-corrected chi connectivity index (χ1v) is 9.61. The number of ether oxygens (including phenoxy) is 1. The molecule has 3 aromatic carbocycles. The fourth-order valence-corrected chi connectivity index (χ4v) is 3.54. The van der Waals surface area contributed by atoms with E-state index in [4.69, 9.17) is 4.74 Å². The number of likely N-dealkylation sites (N-methyl/N-ethyl adjacent to an activating group) is 1. The van der Waals surface area contributed by atoms with Crippen LogP contribution in [0.1, 0.15) is 12.8 Å². The van der Waals surface area contributed by atoms with Crippen molar-refractivity contribution in [2.75, 3.05) is 16.8 Å². The molecule has 1 heterocycles. The van der Waals surface area contributed by atoms with Crippen LogP contribution in [0.5, 0.6) is 11.5 Å². The molecule has 2 amide bonds. The van der Waals surface area contributed by atoms with Gasteiger partial charge in [0.15, 0.2) is 0 Å². The van der Waals surface area contributed by atoms with E-state index in [0.29, 0.717) is 24.3 Å². The maximum absolute atomic E-state index is 13.1. The third kappa shape index (κ3) is 3.99. The van der Waals surface area contributed by atoms with E-state index in [1.54, 1.807) is 16.8 Å². The lowest BCUT2D eigenvalue weighted by molar-refractivity contribution is -0.121. The Morgan fingerprint density at radius 2 is 1.48 bits per heavy atom. The molecule has 146 valence electrons. The summed E-state index contributed by atoms with van der Waals surface area (Å²) < 4.78 is 5.81. The van der Waals surface area contributed by atoms with Gasteiger partial charge in [-0.25, -0.2) is 0 Å². The van der Waals surface area contributed by atoms with Crippen LogP contribution in [0.3, 0.4) is 0 Å². The third-order valence-electron chi connectivity index (χ3n) is 5.06. The molecule has 29 heavy (non-hydrogen) atoms. The van der Waals surface area contributed by atoms with E-state index in [1.165, 1.54) is 0 Å². The number of benzene rings is 3. The zero-order valence-electron chi connectivity index (χ0n) is 16.2. The number of hydrogen-bond donors (Lipinski definition) is 0. The molecule has 5 heteroatoms. The van der Waals surface area contributed by atoms with E-state index >= 15 is 0 Å². The van der Waals surface area contributed by atoms with Gasteiger partial charge in [-0.2, -0.15) is 0 Å². The molecule has 0 aromatic heterocycles. The van der Waals surface area contributed by atoms with E-state index in [2.05, 4.69) is 0 Å². The third-order valence-corrected chi connectivity index (χ3v) is 5.06. The minimum Gasteiger partial charge on any atom is -0.457 e. The summed E-state index contributed by atoms with van der Waals surface area (Å²) >= 11 is 0. The van der Waals surface area contributed by atoms with Crippen molar-refractivity contribution in [3.8, 4) is 11.5 Å². The second kappa shape index (κ2) is 8.19. The molecule has 5 nitrogen and oxygen atoms in total. The number of amides is 2. The van der Waals surface area contributed by atoms with Crippen LogP contribution >= 0.6 is 0 Å². The fourth-order valence-electron chi connectivity index (χ4n) is 3.54. The van der Waals surface area contributed by atoms with Crippen molar-refractivity contribution in [1.82, 2.24) is 0 Å². The normalized spacial score (nSPS) is 16.0. The molecule has 0 saturated carbocycles. The summed E-state index contributed by atoms with van der Waals surface area (Å²) in [4.78, 5) is 28.9. The zero-order valence-corrected chi connectivity index (χ0v) is 16.2. The van der Waals surface area contributed by atoms with Crippen molar-refractivity contribution in [2.45, 2.75) is 18.9 Å². The van der Waals surface area contributed by atoms with Crippen LogP contribution in [-0.4, -0.2) is 24.9 Å². The Morgan fingerprint density at radius 1 is 0.897 bits per heavy atom. The van der Waals surface area contributed by atoms with Crippen molar-refractivity contribution in [1.29, 1.82) is 0 Å². The van der Waals surface area contributed by atoms with Crippen LogP contribution < -0.4 is 14.5 Å². The zero-order chi connectivity index (χ0) is 20.2. The van der Waals surface area contributed by atoms with Gasteiger partial charge in [0.05, 0.1) is 0 Å². The molecule has 1 aliphatic heterocycles. The Labute approximate surface area is 170 Å². The summed E-state index contributed by atoms with van der Waals surface area (Å²) in [5.74, 6) is 1.29. The molecule has 0 radical (unpaired) electrons. The largest absolute Gasteiger partial charge is 0.457 e. The van der Waals surface area contributed by atoms with Gasteiger partial charge in [-0.05, 0) is 55.0 Å². The quantitative estimate of drug-likeness (QED) is 0.642. The van der Waals surface area contributed by atoms with Gasteiger partial charge in [-0.15, -0.1) is 0 Å². The summed E-state index contributed by atoms with van der Waals surface area (Å²) in [6.45, 7) is 0. The minimum atomic E-state index is -0.506. The van der Waals surface area contributed by atoms with Crippen molar-refractivity contribution in [2.24, 2.45) is 0 Å². The minimum absolute atomic E-state index is 0.0402. The van der Waals surface area contributed by atoms with Gasteiger partial charge in [0, 0.05) is 24.8 Å². The smallest absolute Gasteiger partial charge is 0.249 e. The summed E-state index contributed by atoms with van der Waals surface area (Å²) in [6, 6.07) is 25.7. The van der Waals surface area contributed by atoms with Crippen molar-refractivity contribution < 1.29 is 14.3 Å². The predicted octanol–water partition coefficient (Wildman–Crippen LogP) is 4.64. The highest BCUT2D eigenvalue weighted by molar-refractivity contribution is 6.08. The van der Waals surface area contributed by atoms with Crippen molar-refractivity contribution in [3.63, 3.8) is 0 Å². The Kier molecular flexibility index (Phi) is 5.29. The van der Waals surface area contributed by atoms with Gasteiger partial charge in [0.1, 0.15) is 17.5 Å². The molecule has 1 aliphatic rings. The lowest BCUT2D eigenvalue weighted by Crippen LogP contribution is -2.45. The van der Waals surface area contributed by atoms with Crippen LogP contribution in [0.4, 0.5) is 11.4 Å². The van der Waals surface area contributed by atoms with Crippen LogP contribution in [0.25, 0.3) is 0 Å². The average Bonchev–Trinajstić information content (AvgIpc) is 3.16. The van der Waals surface area contributed by atoms with Crippen LogP contribution in [0.2, 0.25) is 0 Å². The average molecular weight is 386 g/mol. The molecule has 1 unspecified atom stereocenters. The van der Waals surface area contributed by atoms with Gasteiger partial charge < -0.3 is 9.64 Å². The number of carbonyl (C=O) groups is 2. The first-order valence-electron chi connectivity index (χ1n) is 9.61. The second-order valence-corrected chi connectivity index (χ2v) is 6.96. The molecule has 0 N–H and O–H groups in total. The lowest BCUT2D eigenvalue weighted by atomic mass is 10.1. The highest BCUT2D eigenvalue weighted by Gasteiger charge is 2.38. The Hall–Kier alpha value is -3.60. The van der Waals surface area contributed by atoms with Crippen molar-refractivity contribution >= 4 is 23.2 Å². The molecule has 0 spiro atoms. The van der Waals surface area contributed by atoms with E-state index < -0.39 is 6.04 Å². The number of nitrogens with zero attached hydrogens (tertiary/aromatic N) is 2. The first kappa shape index (κ1) is 18.7. The molecule has 3 aromatic rings. The van der Waals surface area contributed by atoms with Crippen LogP contribution in [0, 0.1) is 0 Å². The van der Waals surface area contributed by atoms with Crippen LogP contribution in [0.15, 0.2) is 84.9 Å². The number of hydrogen-bond acceptors (Lipinski definition) is 3. The number of para-hydroxylation sites is 2. The summed E-state index contributed by atoms with van der Waals surface area (Å²) in [7, 11) is 1.75. The topological polar surface area (TPSA) is 49.9 Å². The highest BCUT2D eigenvalue weighted by atomic mass is 16.5. The summed E-state index contributed by atoms with van der Waals surface area (Å²) in [5, 5.41) is 0. The molecule has 1 saturated heterocycles. The van der Waals surface area contributed by atoms with E-state index in [0.717, 1.165) is 11.4 Å². The monoisotopic (exact) mass is 386 g/mol. The lowest BCUT2D eigenvalue weighted by Gasteiger charge is -2.28. The van der Waals surface area contributed by atoms with Gasteiger partial charge in [-0.1, -0.05) is 36.4 Å². The number of carbonyl (C=O) groups excluding carboxylic acids is 2. The highest BCUT2D eigenvalue weighted by Crippen LogP contribution is 2.31. The SMILES string of the molecule is CN(C(=O)C1CCC(=O)N1c1ccc(Oc2ccccc2)cc1)c1ccccc1. The molecule has 0 aliphatic carbocycles. The Morgan fingerprint density at radius 3 is 2.14 bits per heavy atom. The molecular weight excluding hydrogens is 364 g/mol.